The summed E-state index contributed by atoms with van der Waals surface area (Å²) < 4.78 is 0. The molecule has 1 atom stereocenters. The molecule has 0 saturated carbocycles. The molecule has 0 bridgehead atoms. The lowest BCUT2D eigenvalue weighted by molar-refractivity contribution is -0.118. The van der Waals surface area contributed by atoms with Gasteiger partial charge in [-0.1, -0.05) is 58.5 Å². The summed E-state index contributed by atoms with van der Waals surface area (Å²) in [6, 6.07) is 9.74. The predicted octanol–water partition coefficient (Wildman–Crippen LogP) is 5.65. The van der Waals surface area contributed by atoms with Gasteiger partial charge in [0, 0.05) is 44.8 Å². The maximum atomic E-state index is 12.0. The second-order valence-electron chi connectivity index (χ2n) is 6.15. The molecule has 0 spiro atoms. The van der Waals surface area contributed by atoms with Gasteiger partial charge < -0.3 is 10.6 Å². The number of benzene rings is 2. The van der Waals surface area contributed by atoms with Crippen LogP contribution in [-0.4, -0.2) is 24.4 Å². The third-order valence-corrected chi connectivity index (χ3v) is 4.85. The van der Waals surface area contributed by atoms with Crippen LogP contribution in [0.5, 0.6) is 0 Å². The van der Waals surface area contributed by atoms with Crippen molar-refractivity contribution in [1.29, 1.82) is 0 Å². The maximum absolute atomic E-state index is 12.0. The van der Waals surface area contributed by atoms with E-state index in [9.17, 15) is 9.59 Å². The molecule has 2 amide bonds. The average Bonchev–Trinajstić information content (AvgIpc) is 2.65. The number of carbonyl (C=O) groups is 2. The van der Waals surface area contributed by atoms with Crippen LogP contribution in [0.1, 0.15) is 18.1 Å². The molecule has 152 valence electrons. The summed E-state index contributed by atoms with van der Waals surface area (Å²) in [6.07, 6.45) is 5.93. The van der Waals surface area contributed by atoms with Gasteiger partial charge in [0.1, 0.15) is 0 Å². The van der Waals surface area contributed by atoms with E-state index < -0.39 is 0 Å². The summed E-state index contributed by atoms with van der Waals surface area (Å²) in [5.74, 6) is -0.609. The van der Waals surface area contributed by atoms with E-state index in [2.05, 4.69) is 10.6 Å². The average molecular weight is 472 g/mol. The summed E-state index contributed by atoms with van der Waals surface area (Å²) in [5, 5.41) is 7.41. The van der Waals surface area contributed by atoms with Gasteiger partial charge in [-0.05, 0) is 54.5 Å². The zero-order valence-corrected chi connectivity index (χ0v) is 18.4. The Balaban J connectivity index is 1.80. The molecular formula is C21H18Cl4N2O2. The molecule has 1 unspecified atom stereocenters. The first kappa shape index (κ1) is 23.3. The lowest BCUT2D eigenvalue weighted by atomic mass is 10.2. The minimum atomic E-state index is -0.305. The first-order chi connectivity index (χ1) is 13.7. The van der Waals surface area contributed by atoms with Crippen LogP contribution < -0.4 is 10.6 Å². The Bertz CT molecular complexity index is 958. The van der Waals surface area contributed by atoms with Gasteiger partial charge in [-0.25, -0.2) is 0 Å². The van der Waals surface area contributed by atoms with E-state index >= 15 is 0 Å². The van der Waals surface area contributed by atoms with Crippen molar-refractivity contribution in [2.24, 2.45) is 0 Å². The van der Waals surface area contributed by atoms with Crippen molar-refractivity contribution in [3.05, 3.63) is 79.8 Å². The number of nitrogens with one attached hydrogen (secondary N) is 2. The largest absolute Gasteiger partial charge is 0.351 e. The van der Waals surface area contributed by atoms with Crippen molar-refractivity contribution in [3.63, 3.8) is 0 Å². The molecule has 2 aromatic rings. The van der Waals surface area contributed by atoms with Crippen LogP contribution in [0.25, 0.3) is 12.2 Å². The summed E-state index contributed by atoms with van der Waals surface area (Å²) in [6.45, 7) is 2.04. The van der Waals surface area contributed by atoms with Crippen LogP contribution in [0.3, 0.4) is 0 Å². The van der Waals surface area contributed by atoms with E-state index in [1.807, 2.05) is 0 Å². The van der Waals surface area contributed by atoms with Gasteiger partial charge in [0.25, 0.3) is 0 Å². The van der Waals surface area contributed by atoms with Gasteiger partial charge in [-0.3, -0.25) is 9.59 Å². The highest BCUT2D eigenvalue weighted by atomic mass is 35.5. The third-order valence-electron chi connectivity index (χ3n) is 3.72. The Morgan fingerprint density at radius 2 is 1.34 bits per heavy atom. The molecule has 0 heterocycles. The molecule has 0 saturated heterocycles. The first-order valence-corrected chi connectivity index (χ1v) is 10.1. The van der Waals surface area contributed by atoms with Crippen LogP contribution in [0, 0.1) is 0 Å². The normalized spacial score (nSPS) is 12.3. The molecule has 8 heteroatoms. The van der Waals surface area contributed by atoms with Crippen molar-refractivity contribution in [2.75, 3.05) is 6.54 Å². The summed E-state index contributed by atoms with van der Waals surface area (Å²) in [5.41, 5.74) is 1.36. The predicted molar refractivity (Wildman–Crippen MR) is 122 cm³/mol. The van der Waals surface area contributed by atoms with Gasteiger partial charge in [0.2, 0.25) is 11.8 Å². The number of halogens is 4. The van der Waals surface area contributed by atoms with Gasteiger partial charge in [0.05, 0.1) is 0 Å². The second kappa shape index (κ2) is 11.3. The number of amides is 2. The monoisotopic (exact) mass is 470 g/mol. The molecule has 0 fully saturated rings. The Morgan fingerprint density at radius 1 is 0.862 bits per heavy atom. The Hall–Kier alpha value is -1.98. The second-order valence-corrected chi connectivity index (χ2v) is 7.84. The molecule has 2 N–H and O–H groups in total. The van der Waals surface area contributed by atoms with E-state index in [-0.39, 0.29) is 24.4 Å². The standard InChI is InChI=1S/C21H18Cl4N2O2/c1-13(27-21(29)9-5-15-3-7-17(23)11-19(15)25)12-26-20(28)8-4-14-2-6-16(22)10-18(14)24/h2-11,13H,12H2,1H3,(H,26,28)(H,27,29). The van der Waals surface area contributed by atoms with Crippen LogP contribution in [0.2, 0.25) is 20.1 Å². The SMILES string of the molecule is CC(CNC(=O)C=Cc1ccc(Cl)cc1Cl)NC(=O)C=Cc1ccc(Cl)cc1Cl. The number of carbonyl (C=O) groups excluding carboxylic acids is 2. The third kappa shape index (κ3) is 8.11. The Kier molecular flexibility index (Phi) is 9.05. The fourth-order valence-corrected chi connectivity index (χ4v) is 3.20. The first-order valence-electron chi connectivity index (χ1n) is 8.59. The molecule has 0 aliphatic carbocycles. The highest BCUT2D eigenvalue weighted by Crippen LogP contribution is 2.22. The molecule has 2 rings (SSSR count). The highest BCUT2D eigenvalue weighted by Gasteiger charge is 2.07. The lowest BCUT2D eigenvalue weighted by Crippen LogP contribution is -2.40. The van der Waals surface area contributed by atoms with Crippen molar-refractivity contribution >= 4 is 70.4 Å². The molecule has 0 aromatic heterocycles. The Labute approximate surface area is 189 Å². The molecule has 2 aromatic carbocycles. The number of hydrogen-bond donors (Lipinski definition) is 2. The topological polar surface area (TPSA) is 58.2 Å². The number of rotatable bonds is 7. The smallest absolute Gasteiger partial charge is 0.244 e. The zero-order chi connectivity index (χ0) is 21.4. The molecular weight excluding hydrogens is 454 g/mol. The summed E-state index contributed by atoms with van der Waals surface area (Å²) in [4.78, 5) is 23.9. The molecule has 4 nitrogen and oxygen atoms in total. The highest BCUT2D eigenvalue weighted by molar-refractivity contribution is 6.36. The molecule has 29 heavy (non-hydrogen) atoms. The fourth-order valence-electron chi connectivity index (χ4n) is 2.26. The Morgan fingerprint density at radius 3 is 1.83 bits per heavy atom. The van der Waals surface area contributed by atoms with Gasteiger partial charge in [-0.15, -0.1) is 0 Å². The molecule has 0 radical (unpaired) electrons. The minimum Gasteiger partial charge on any atom is -0.351 e. The summed E-state index contributed by atoms with van der Waals surface area (Å²) >= 11 is 23.8. The maximum Gasteiger partial charge on any atom is 0.244 e. The lowest BCUT2D eigenvalue weighted by Gasteiger charge is -2.12. The fraction of sp³-hybridized carbons (Fsp3) is 0.143. The quantitative estimate of drug-likeness (QED) is 0.512. The van der Waals surface area contributed by atoms with Crippen LogP contribution in [0.15, 0.2) is 48.6 Å². The van der Waals surface area contributed by atoms with E-state index in [4.69, 9.17) is 46.4 Å². The van der Waals surface area contributed by atoms with Crippen LogP contribution in [0.4, 0.5) is 0 Å². The van der Waals surface area contributed by atoms with Gasteiger partial charge in [0.15, 0.2) is 0 Å². The van der Waals surface area contributed by atoms with E-state index in [1.54, 1.807) is 55.5 Å². The minimum absolute atomic E-state index is 0.263. The van der Waals surface area contributed by atoms with Crippen LogP contribution in [-0.2, 0) is 9.59 Å². The van der Waals surface area contributed by atoms with E-state index in [1.165, 1.54) is 12.2 Å². The molecule has 0 aliphatic rings. The van der Waals surface area contributed by atoms with E-state index in [0.717, 1.165) is 0 Å². The van der Waals surface area contributed by atoms with E-state index in [0.29, 0.717) is 31.2 Å². The van der Waals surface area contributed by atoms with Crippen LogP contribution >= 0.6 is 46.4 Å². The van der Waals surface area contributed by atoms with Crippen molar-refractivity contribution in [2.45, 2.75) is 13.0 Å². The zero-order valence-electron chi connectivity index (χ0n) is 15.4. The molecule has 0 aliphatic heterocycles. The van der Waals surface area contributed by atoms with Crippen molar-refractivity contribution < 1.29 is 9.59 Å². The van der Waals surface area contributed by atoms with Gasteiger partial charge in [-0.2, -0.15) is 0 Å². The van der Waals surface area contributed by atoms with Gasteiger partial charge >= 0.3 is 0 Å². The van der Waals surface area contributed by atoms with Crippen molar-refractivity contribution in [3.8, 4) is 0 Å². The number of hydrogen-bond acceptors (Lipinski definition) is 2. The van der Waals surface area contributed by atoms with Crippen molar-refractivity contribution in [1.82, 2.24) is 10.6 Å². The summed E-state index contributed by atoms with van der Waals surface area (Å²) in [7, 11) is 0.